The largest absolute Gasteiger partial charge is 0.350 e. The van der Waals surface area contributed by atoms with E-state index in [2.05, 4.69) is 0 Å². The summed E-state index contributed by atoms with van der Waals surface area (Å²) in [6, 6.07) is 1.60. The second kappa shape index (κ2) is 3.90. The third-order valence-electron chi connectivity index (χ3n) is 1.72. The molecule has 2 nitrogen and oxygen atoms in total. The summed E-state index contributed by atoms with van der Waals surface area (Å²) in [6.07, 6.45) is 7.70. The summed E-state index contributed by atoms with van der Waals surface area (Å²) in [6.45, 7) is 4.64. The Hall–Kier alpha value is -1.31. The first-order chi connectivity index (χ1) is 5.74. The standard InChI is InChI=1S/C10H13NO/c1-3-4-6-11-7-5-10(12)9(2)8-11/h3-5,7-8H,6H2,1-2H3/b4-3+. The Kier molecular flexibility index (Phi) is 2.86. The van der Waals surface area contributed by atoms with Gasteiger partial charge in [-0.1, -0.05) is 12.2 Å². The zero-order valence-corrected chi connectivity index (χ0v) is 7.45. The maximum Gasteiger partial charge on any atom is 0.184 e. The summed E-state index contributed by atoms with van der Waals surface area (Å²) < 4.78 is 1.98. The van der Waals surface area contributed by atoms with Crippen molar-refractivity contribution < 1.29 is 0 Å². The molecule has 0 bridgehead atoms. The molecule has 0 radical (unpaired) electrons. The van der Waals surface area contributed by atoms with Gasteiger partial charge in [0.25, 0.3) is 0 Å². The van der Waals surface area contributed by atoms with E-state index < -0.39 is 0 Å². The molecule has 0 aliphatic carbocycles. The molecular weight excluding hydrogens is 150 g/mol. The predicted molar refractivity (Wildman–Crippen MR) is 50.3 cm³/mol. The fourth-order valence-corrected chi connectivity index (χ4v) is 0.991. The van der Waals surface area contributed by atoms with Crippen molar-refractivity contribution in [1.29, 1.82) is 0 Å². The monoisotopic (exact) mass is 163 g/mol. The number of pyridine rings is 1. The molecule has 0 saturated heterocycles. The van der Waals surface area contributed by atoms with Crippen LogP contribution in [-0.2, 0) is 6.54 Å². The van der Waals surface area contributed by atoms with Crippen LogP contribution in [0.1, 0.15) is 12.5 Å². The Morgan fingerprint density at radius 2 is 2.33 bits per heavy atom. The Morgan fingerprint density at radius 1 is 1.58 bits per heavy atom. The molecule has 0 amide bonds. The second-order valence-corrected chi connectivity index (χ2v) is 2.76. The second-order valence-electron chi connectivity index (χ2n) is 2.76. The first kappa shape index (κ1) is 8.78. The number of rotatable bonds is 2. The van der Waals surface area contributed by atoms with Gasteiger partial charge in [0.2, 0.25) is 0 Å². The lowest BCUT2D eigenvalue weighted by Gasteiger charge is -2.02. The predicted octanol–water partition coefficient (Wildman–Crippen LogP) is 1.73. The minimum atomic E-state index is 0.103. The first-order valence-corrected chi connectivity index (χ1v) is 4.02. The van der Waals surface area contributed by atoms with E-state index in [9.17, 15) is 4.79 Å². The Balaban J connectivity index is 2.89. The van der Waals surface area contributed by atoms with Crippen molar-refractivity contribution in [3.8, 4) is 0 Å². The molecular formula is C10H13NO. The summed E-state index contributed by atoms with van der Waals surface area (Å²) in [5.74, 6) is 0. The number of hydrogen-bond acceptors (Lipinski definition) is 1. The minimum Gasteiger partial charge on any atom is -0.350 e. The van der Waals surface area contributed by atoms with Crippen LogP contribution in [0.2, 0.25) is 0 Å². The fraction of sp³-hybridized carbons (Fsp3) is 0.300. The van der Waals surface area contributed by atoms with Crippen LogP contribution in [0.15, 0.2) is 35.4 Å². The molecule has 0 N–H and O–H groups in total. The van der Waals surface area contributed by atoms with E-state index in [1.54, 1.807) is 12.3 Å². The van der Waals surface area contributed by atoms with Crippen molar-refractivity contribution in [2.24, 2.45) is 0 Å². The highest BCUT2D eigenvalue weighted by atomic mass is 16.1. The van der Waals surface area contributed by atoms with Gasteiger partial charge in [0.1, 0.15) is 0 Å². The minimum absolute atomic E-state index is 0.103. The average molecular weight is 163 g/mol. The highest BCUT2D eigenvalue weighted by molar-refractivity contribution is 5.08. The van der Waals surface area contributed by atoms with E-state index in [4.69, 9.17) is 0 Å². The Morgan fingerprint density at radius 3 is 2.92 bits per heavy atom. The maximum absolute atomic E-state index is 11.0. The molecule has 1 aromatic heterocycles. The van der Waals surface area contributed by atoms with E-state index in [0.29, 0.717) is 0 Å². The van der Waals surface area contributed by atoms with Gasteiger partial charge in [-0.05, 0) is 13.8 Å². The van der Waals surface area contributed by atoms with E-state index in [-0.39, 0.29) is 5.43 Å². The summed E-state index contributed by atoms with van der Waals surface area (Å²) in [5.41, 5.74) is 0.897. The first-order valence-electron chi connectivity index (χ1n) is 4.02. The lowest BCUT2D eigenvalue weighted by atomic mass is 10.3. The van der Waals surface area contributed by atoms with Crippen molar-refractivity contribution in [2.75, 3.05) is 0 Å². The van der Waals surface area contributed by atoms with Crippen LogP contribution in [0.25, 0.3) is 0 Å². The molecule has 0 aromatic carbocycles. The smallest absolute Gasteiger partial charge is 0.184 e. The summed E-state index contributed by atoms with van der Waals surface area (Å²) >= 11 is 0. The fourth-order valence-electron chi connectivity index (χ4n) is 0.991. The van der Waals surface area contributed by atoms with Gasteiger partial charge in [-0.15, -0.1) is 0 Å². The van der Waals surface area contributed by atoms with Crippen LogP contribution in [0.3, 0.4) is 0 Å². The van der Waals surface area contributed by atoms with Gasteiger partial charge in [0.05, 0.1) is 0 Å². The van der Waals surface area contributed by atoms with Crippen LogP contribution in [-0.4, -0.2) is 4.57 Å². The molecule has 1 heterocycles. The third kappa shape index (κ3) is 2.09. The van der Waals surface area contributed by atoms with Gasteiger partial charge in [-0.3, -0.25) is 4.79 Å². The highest BCUT2D eigenvalue weighted by Crippen LogP contribution is 1.90. The van der Waals surface area contributed by atoms with Crippen LogP contribution in [0.5, 0.6) is 0 Å². The Labute approximate surface area is 72.2 Å². The van der Waals surface area contributed by atoms with Gasteiger partial charge < -0.3 is 4.57 Å². The SMILES string of the molecule is C/C=C/Cn1ccc(=O)c(C)c1. The molecule has 64 valence electrons. The Bertz CT molecular complexity index is 336. The molecule has 2 heteroatoms. The molecule has 0 unspecified atom stereocenters. The topological polar surface area (TPSA) is 22.0 Å². The number of nitrogens with zero attached hydrogens (tertiary/aromatic N) is 1. The van der Waals surface area contributed by atoms with Crippen molar-refractivity contribution in [3.05, 3.63) is 46.4 Å². The van der Waals surface area contributed by atoms with E-state index in [1.165, 1.54) is 0 Å². The normalized spacial score (nSPS) is 10.8. The lowest BCUT2D eigenvalue weighted by Crippen LogP contribution is -2.07. The molecule has 0 aliphatic rings. The number of hydrogen-bond donors (Lipinski definition) is 0. The number of aromatic nitrogens is 1. The third-order valence-corrected chi connectivity index (χ3v) is 1.72. The van der Waals surface area contributed by atoms with Crippen molar-refractivity contribution in [3.63, 3.8) is 0 Å². The van der Waals surface area contributed by atoms with Crippen LogP contribution >= 0.6 is 0 Å². The van der Waals surface area contributed by atoms with E-state index >= 15 is 0 Å². The zero-order valence-electron chi connectivity index (χ0n) is 7.45. The van der Waals surface area contributed by atoms with Gasteiger partial charge >= 0.3 is 0 Å². The molecule has 12 heavy (non-hydrogen) atoms. The number of allylic oxidation sites excluding steroid dienone is 2. The average Bonchev–Trinajstić information content (AvgIpc) is 2.07. The molecule has 0 saturated carbocycles. The quantitative estimate of drug-likeness (QED) is 0.608. The van der Waals surface area contributed by atoms with Crippen molar-refractivity contribution >= 4 is 0 Å². The number of aryl methyl sites for hydroxylation is 1. The van der Waals surface area contributed by atoms with Gasteiger partial charge in [-0.25, -0.2) is 0 Å². The van der Waals surface area contributed by atoms with Crippen LogP contribution in [0, 0.1) is 6.92 Å². The molecule has 1 rings (SSSR count). The molecule has 0 atom stereocenters. The van der Waals surface area contributed by atoms with Gasteiger partial charge in [0.15, 0.2) is 5.43 Å². The zero-order chi connectivity index (χ0) is 8.97. The van der Waals surface area contributed by atoms with E-state index in [0.717, 1.165) is 12.1 Å². The van der Waals surface area contributed by atoms with Crippen LogP contribution < -0.4 is 5.43 Å². The highest BCUT2D eigenvalue weighted by Gasteiger charge is 1.91. The summed E-state index contributed by atoms with van der Waals surface area (Å²) in [5, 5.41) is 0. The summed E-state index contributed by atoms with van der Waals surface area (Å²) in [7, 11) is 0. The van der Waals surface area contributed by atoms with Crippen molar-refractivity contribution in [1.82, 2.24) is 4.57 Å². The molecule has 0 aliphatic heterocycles. The van der Waals surface area contributed by atoms with Crippen LogP contribution in [0.4, 0.5) is 0 Å². The van der Waals surface area contributed by atoms with Gasteiger partial charge in [0, 0.05) is 30.6 Å². The molecule has 0 spiro atoms. The molecule has 1 aromatic rings. The lowest BCUT2D eigenvalue weighted by molar-refractivity contribution is 0.803. The van der Waals surface area contributed by atoms with Gasteiger partial charge in [-0.2, -0.15) is 0 Å². The molecule has 0 fully saturated rings. The maximum atomic E-state index is 11.0. The van der Waals surface area contributed by atoms with E-state index in [1.807, 2.05) is 36.8 Å². The summed E-state index contributed by atoms with van der Waals surface area (Å²) in [4.78, 5) is 11.0. The van der Waals surface area contributed by atoms with Crippen molar-refractivity contribution in [2.45, 2.75) is 20.4 Å².